The number of hydrogen-bond acceptors (Lipinski definition) is 4. The molecule has 0 spiro atoms. The molecule has 1 aromatic heterocycles. The zero-order chi connectivity index (χ0) is 13.0. The summed E-state index contributed by atoms with van der Waals surface area (Å²) in [7, 11) is 0. The Kier molecular flexibility index (Phi) is 4.74. The molecule has 2 unspecified atom stereocenters. The van der Waals surface area contributed by atoms with Gasteiger partial charge in [-0.25, -0.2) is 4.98 Å². The molecule has 5 heteroatoms. The third kappa shape index (κ3) is 2.58. The first-order chi connectivity index (χ1) is 8.81. The molecule has 0 amide bonds. The molecule has 2 N–H and O–H groups in total. The Morgan fingerprint density at radius 3 is 3.00 bits per heavy atom. The lowest BCUT2D eigenvalue weighted by Crippen LogP contribution is -2.48. The van der Waals surface area contributed by atoms with E-state index in [9.17, 15) is 0 Å². The van der Waals surface area contributed by atoms with Gasteiger partial charge in [-0.15, -0.1) is 0 Å². The highest BCUT2D eigenvalue weighted by molar-refractivity contribution is 5.10. The molecule has 0 bridgehead atoms. The fourth-order valence-corrected chi connectivity index (χ4v) is 2.72. The number of aromatic nitrogens is 2. The highest BCUT2D eigenvalue weighted by Crippen LogP contribution is 2.28. The quantitative estimate of drug-likeness (QED) is 0.850. The van der Waals surface area contributed by atoms with Crippen molar-refractivity contribution in [2.75, 3.05) is 26.2 Å². The molecular formula is C13H24N4O. The molecule has 5 nitrogen and oxygen atoms in total. The maximum absolute atomic E-state index is 5.86. The van der Waals surface area contributed by atoms with Gasteiger partial charge in [0.1, 0.15) is 0 Å². The summed E-state index contributed by atoms with van der Waals surface area (Å²) in [5, 5.41) is 0. The average molecular weight is 252 g/mol. The van der Waals surface area contributed by atoms with Crippen LogP contribution < -0.4 is 5.73 Å². The van der Waals surface area contributed by atoms with Crippen molar-refractivity contribution in [3.8, 4) is 0 Å². The van der Waals surface area contributed by atoms with E-state index in [4.69, 9.17) is 10.5 Å². The summed E-state index contributed by atoms with van der Waals surface area (Å²) in [6.45, 7) is 8.68. The van der Waals surface area contributed by atoms with E-state index in [-0.39, 0.29) is 12.1 Å². The van der Waals surface area contributed by atoms with Crippen LogP contribution in [0.4, 0.5) is 0 Å². The van der Waals surface area contributed by atoms with E-state index < -0.39 is 0 Å². The molecule has 0 aliphatic carbocycles. The largest absolute Gasteiger partial charge is 0.374 e. The molecule has 1 aliphatic heterocycles. The molecule has 1 aromatic rings. The minimum Gasteiger partial charge on any atom is -0.374 e. The highest BCUT2D eigenvalue weighted by atomic mass is 16.5. The van der Waals surface area contributed by atoms with E-state index in [1.54, 1.807) is 0 Å². The second-order valence-electron chi connectivity index (χ2n) is 4.73. The molecule has 2 atom stereocenters. The van der Waals surface area contributed by atoms with Crippen LogP contribution in [0.15, 0.2) is 12.5 Å². The van der Waals surface area contributed by atoms with Crippen LogP contribution in [0, 0.1) is 0 Å². The molecule has 0 aromatic carbocycles. The molecule has 1 aliphatic rings. The average Bonchev–Trinajstić information content (AvgIpc) is 2.86. The first-order valence-electron chi connectivity index (χ1n) is 6.87. The lowest BCUT2D eigenvalue weighted by atomic mass is 10.0. The van der Waals surface area contributed by atoms with Crippen molar-refractivity contribution in [2.24, 2.45) is 5.73 Å². The number of likely N-dealkylation sites (N-methyl/N-ethyl adjacent to an activating group) is 1. The molecule has 1 saturated heterocycles. The Hall–Kier alpha value is -0.910. The van der Waals surface area contributed by atoms with Gasteiger partial charge in [-0.05, 0) is 13.0 Å². The van der Waals surface area contributed by atoms with E-state index >= 15 is 0 Å². The fraction of sp³-hybridized carbons (Fsp3) is 0.769. The number of aryl methyl sites for hydroxylation is 1. The standard InChI is InChI=1S/C13H24N4O/c1-3-5-17-10-15-9-11(17)13-12(8-14)18-7-6-16(13)4-2/h9-10,12-13H,3-8,14H2,1-2H3. The number of hydrogen-bond donors (Lipinski definition) is 1. The van der Waals surface area contributed by atoms with E-state index in [1.165, 1.54) is 5.69 Å². The van der Waals surface area contributed by atoms with E-state index in [1.807, 2.05) is 12.5 Å². The first kappa shape index (κ1) is 13.5. The van der Waals surface area contributed by atoms with Gasteiger partial charge in [0.05, 0.1) is 30.8 Å². The molecule has 1 fully saturated rings. The van der Waals surface area contributed by atoms with Crippen LogP contribution in [-0.2, 0) is 11.3 Å². The monoisotopic (exact) mass is 252 g/mol. The van der Waals surface area contributed by atoms with Gasteiger partial charge in [-0.1, -0.05) is 13.8 Å². The van der Waals surface area contributed by atoms with Crippen molar-refractivity contribution in [2.45, 2.75) is 39.0 Å². The topological polar surface area (TPSA) is 56.3 Å². The van der Waals surface area contributed by atoms with Crippen molar-refractivity contribution in [1.82, 2.24) is 14.5 Å². The van der Waals surface area contributed by atoms with Crippen molar-refractivity contribution in [3.05, 3.63) is 18.2 Å². The zero-order valence-electron chi connectivity index (χ0n) is 11.4. The van der Waals surface area contributed by atoms with Gasteiger partial charge >= 0.3 is 0 Å². The van der Waals surface area contributed by atoms with Gasteiger partial charge < -0.3 is 15.0 Å². The minimum atomic E-state index is 0.0750. The number of ether oxygens (including phenoxy) is 1. The zero-order valence-corrected chi connectivity index (χ0v) is 11.4. The molecule has 102 valence electrons. The predicted octanol–water partition coefficient (Wildman–Crippen LogP) is 1.01. The van der Waals surface area contributed by atoms with E-state index in [0.29, 0.717) is 6.54 Å². The van der Waals surface area contributed by atoms with Gasteiger partial charge in [0.15, 0.2) is 0 Å². The molecule has 18 heavy (non-hydrogen) atoms. The van der Waals surface area contributed by atoms with Crippen LogP contribution in [0.5, 0.6) is 0 Å². The second kappa shape index (κ2) is 6.31. The van der Waals surface area contributed by atoms with E-state index in [0.717, 1.165) is 32.7 Å². The number of morpholine rings is 1. The van der Waals surface area contributed by atoms with Gasteiger partial charge in [-0.2, -0.15) is 0 Å². The summed E-state index contributed by atoms with van der Waals surface area (Å²) < 4.78 is 8.05. The Labute approximate surface area is 109 Å². The van der Waals surface area contributed by atoms with Crippen molar-refractivity contribution in [3.63, 3.8) is 0 Å². The van der Waals surface area contributed by atoms with Gasteiger partial charge in [-0.3, -0.25) is 4.90 Å². The highest BCUT2D eigenvalue weighted by Gasteiger charge is 2.33. The summed E-state index contributed by atoms with van der Waals surface area (Å²) in [4.78, 5) is 6.73. The van der Waals surface area contributed by atoms with Crippen LogP contribution in [0.2, 0.25) is 0 Å². The summed E-state index contributed by atoms with van der Waals surface area (Å²) in [6.07, 6.45) is 5.05. The van der Waals surface area contributed by atoms with Crippen molar-refractivity contribution in [1.29, 1.82) is 0 Å². The summed E-state index contributed by atoms with van der Waals surface area (Å²) in [6, 6.07) is 0.239. The number of rotatable bonds is 5. The molecule has 0 radical (unpaired) electrons. The Morgan fingerprint density at radius 2 is 2.33 bits per heavy atom. The first-order valence-corrected chi connectivity index (χ1v) is 6.87. The summed E-state index contributed by atoms with van der Waals surface area (Å²) in [5.41, 5.74) is 7.09. The minimum absolute atomic E-state index is 0.0750. The van der Waals surface area contributed by atoms with Gasteiger partial charge in [0.25, 0.3) is 0 Å². The Bertz CT molecular complexity index is 354. The maximum atomic E-state index is 5.86. The fourth-order valence-electron chi connectivity index (χ4n) is 2.72. The van der Waals surface area contributed by atoms with Crippen LogP contribution >= 0.6 is 0 Å². The smallest absolute Gasteiger partial charge is 0.0948 e. The Morgan fingerprint density at radius 1 is 1.50 bits per heavy atom. The summed E-state index contributed by atoms with van der Waals surface area (Å²) >= 11 is 0. The maximum Gasteiger partial charge on any atom is 0.0948 e. The second-order valence-corrected chi connectivity index (χ2v) is 4.73. The van der Waals surface area contributed by atoms with Crippen LogP contribution in [0.1, 0.15) is 32.0 Å². The molecular weight excluding hydrogens is 228 g/mol. The SMILES string of the molecule is CCCn1cncc1C1C(CN)OCCN1CC. The third-order valence-corrected chi connectivity index (χ3v) is 3.61. The Balaban J connectivity index is 2.27. The molecule has 0 saturated carbocycles. The lowest BCUT2D eigenvalue weighted by molar-refractivity contribution is -0.0682. The number of nitrogens with zero attached hydrogens (tertiary/aromatic N) is 3. The third-order valence-electron chi connectivity index (χ3n) is 3.61. The summed E-state index contributed by atoms with van der Waals surface area (Å²) in [5.74, 6) is 0. The van der Waals surface area contributed by atoms with Gasteiger partial charge in [0, 0.05) is 25.8 Å². The van der Waals surface area contributed by atoms with E-state index in [2.05, 4.69) is 28.3 Å². The predicted molar refractivity (Wildman–Crippen MR) is 71.3 cm³/mol. The van der Waals surface area contributed by atoms with Crippen LogP contribution in [0.25, 0.3) is 0 Å². The van der Waals surface area contributed by atoms with Crippen molar-refractivity contribution < 1.29 is 4.74 Å². The lowest BCUT2D eigenvalue weighted by Gasteiger charge is -2.40. The van der Waals surface area contributed by atoms with Crippen LogP contribution in [-0.4, -0.2) is 46.8 Å². The number of nitrogens with two attached hydrogens (primary N) is 1. The number of imidazole rings is 1. The normalized spacial score (nSPS) is 25.5. The van der Waals surface area contributed by atoms with Crippen LogP contribution in [0.3, 0.4) is 0 Å². The molecule has 2 heterocycles. The molecule has 2 rings (SSSR count). The van der Waals surface area contributed by atoms with Gasteiger partial charge in [0.2, 0.25) is 0 Å². The van der Waals surface area contributed by atoms with Crippen molar-refractivity contribution >= 4 is 0 Å².